The molecule has 2 aliphatic rings. The minimum absolute atomic E-state index is 0.0273. The van der Waals surface area contributed by atoms with E-state index in [2.05, 4.69) is 0 Å². The average Bonchev–Trinajstić information content (AvgIpc) is 3.10. The third-order valence-corrected chi connectivity index (χ3v) is 7.13. The second-order valence-electron chi connectivity index (χ2n) is 6.68. The summed E-state index contributed by atoms with van der Waals surface area (Å²) in [5.41, 5.74) is 1.06. The van der Waals surface area contributed by atoms with Crippen LogP contribution >= 0.6 is 12.2 Å². The second-order valence-corrected chi connectivity index (χ2v) is 9.20. The number of para-hydroxylation sites is 1. The monoisotopic (exact) mass is 419 g/mol. The molecular formula is C18H17N3O5S2. The predicted molar refractivity (Wildman–Crippen MR) is 110 cm³/mol. The number of hydrogen-bond acceptors (Lipinski definition) is 6. The Bertz CT molecular complexity index is 1060. The van der Waals surface area contributed by atoms with E-state index in [1.54, 1.807) is 4.90 Å². The maximum atomic E-state index is 12.4. The Morgan fingerprint density at radius 1 is 1.11 bits per heavy atom. The fourth-order valence-electron chi connectivity index (χ4n) is 3.86. The van der Waals surface area contributed by atoms with Gasteiger partial charge >= 0.3 is 0 Å². The summed E-state index contributed by atoms with van der Waals surface area (Å²) >= 11 is 5.70. The summed E-state index contributed by atoms with van der Waals surface area (Å²) in [5.74, 6) is 0.291. The van der Waals surface area contributed by atoms with Crippen LogP contribution in [0.4, 0.5) is 17.1 Å². The van der Waals surface area contributed by atoms with Gasteiger partial charge in [0.05, 0.1) is 41.3 Å². The highest BCUT2D eigenvalue weighted by atomic mass is 32.2. The van der Waals surface area contributed by atoms with Crippen molar-refractivity contribution >= 4 is 44.2 Å². The summed E-state index contributed by atoms with van der Waals surface area (Å²) in [6.45, 7) is 0. The summed E-state index contributed by atoms with van der Waals surface area (Å²) in [4.78, 5) is 14.3. The van der Waals surface area contributed by atoms with E-state index in [0.29, 0.717) is 16.5 Å². The molecule has 10 heteroatoms. The summed E-state index contributed by atoms with van der Waals surface area (Å²) in [6.07, 6.45) is 0. The fourth-order valence-corrected chi connectivity index (χ4v) is 6.25. The molecule has 4 rings (SSSR count). The van der Waals surface area contributed by atoms with Gasteiger partial charge in [0.15, 0.2) is 14.9 Å². The molecule has 2 aliphatic heterocycles. The number of anilines is 2. The Morgan fingerprint density at radius 2 is 1.75 bits per heavy atom. The lowest BCUT2D eigenvalue weighted by Crippen LogP contribution is -2.37. The third-order valence-electron chi connectivity index (χ3n) is 5.04. The lowest BCUT2D eigenvalue weighted by Gasteiger charge is -2.26. The molecule has 0 saturated carbocycles. The van der Waals surface area contributed by atoms with Crippen LogP contribution in [0.25, 0.3) is 0 Å². The summed E-state index contributed by atoms with van der Waals surface area (Å²) in [7, 11) is -1.81. The van der Waals surface area contributed by atoms with Crippen molar-refractivity contribution < 1.29 is 18.1 Å². The highest BCUT2D eigenvalue weighted by molar-refractivity contribution is 7.91. The standard InChI is InChI=1S/C18H17N3O5S2/c1-26-17-8-7-13(21(22)23)9-14(17)20-16-11-28(24,25)10-15(16)19(18(20)27)12-5-3-2-4-6-12/h2-9,15-16H,10-11H2,1H3/t15-,16-/m1/s1. The van der Waals surface area contributed by atoms with Crippen LogP contribution in [0, 0.1) is 10.1 Å². The quantitative estimate of drug-likeness (QED) is 0.424. The molecule has 146 valence electrons. The van der Waals surface area contributed by atoms with Crippen LogP contribution < -0.4 is 14.5 Å². The van der Waals surface area contributed by atoms with Crippen molar-refractivity contribution in [3.8, 4) is 5.75 Å². The van der Waals surface area contributed by atoms with Gasteiger partial charge in [-0.3, -0.25) is 10.1 Å². The molecule has 28 heavy (non-hydrogen) atoms. The minimum atomic E-state index is -3.27. The Morgan fingerprint density at radius 3 is 2.36 bits per heavy atom. The van der Waals surface area contributed by atoms with E-state index < -0.39 is 20.8 Å². The van der Waals surface area contributed by atoms with Crippen LogP contribution in [0.3, 0.4) is 0 Å². The zero-order valence-electron chi connectivity index (χ0n) is 14.9. The molecule has 0 spiro atoms. The van der Waals surface area contributed by atoms with Crippen molar-refractivity contribution in [2.75, 3.05) is 28.4 Å². The molecule has 2 atom stereocenters. The number of hydrogen-bond donors (Lipinski definition) is 0. The molecule has 0 amide bonds. The van der Waals surface area contributed by atoms with Gasteiger partial charge in [-0.05, 0) is 30.4 Å². The lowest BCUT2D eigenvalue weighted by atomic mass is 10.1. The highest BCUT2D eigenvalue weighted by Gasteiger charge is 2.53. The zero-order chi connectivity index (χ0) is 20.1. The molecule has 8 nitrogen and oxygen atoms in total. The number of fused-ring (bicyclic) bond motifs is 1. The number of nitro groups is 1. The van der Waals surface area contributed by atoms with Crippen LogP contribution in [0.2, 0.25) is 0 Å². The molecule has 2 aromatic rings. The molecule has 0 aliphatic carbocycles. The zero-order valence-corrected chi connectivity index (χ0v) is 16.5. The van der Waals surface area contributed by atoms with E-state index in [0.717, 1.165) is 5.69 Å². The van der Waals surface area contributed by atoms with Gasteiger partial charge < -0.3 is 14.5 Å². The number of benzene rings is 2. The highest BCUT2D eigenvalue weighted by Crippen LogP contribution is 2.42. The van der Waals surface area contributed by atoms with Gasteiger partial charge in [-0.1, -0.05) is 18.2 Å². The smallest absolute Gasteiger partial charge is 0.271 e. The van der Waals surface area contributed by atoms with Gasteiger partial charge in [0, 0.05) is 17.8 Å². The minimum Gasteiger partial charge on any atom is -0.495 e. The van der Waals surface area contributed by atoms with Crippen molar-refractivity contribution in [3.05, 3.63) is 58.6 Å². The molecule has 0 aromatic heterocycles. The Labute approximate surface area is 167 Å². The largest absolute Gasteiger partial charge is 0.495 e. The van der Waals surface area contributed by atoms with Gasteiger partial charge in [0.25, 0.3) is 5.69 Å². The maximum absolute atomic E-state index is 12.4. The topological polar surface area (TPSA) is 93.0 Å². The van der Waals surface area contributed by atoms with Gasteiger partial charge in [-0.25, -0.2) is 8.42 Å². The van der Waals surface area contributed by atoms with E-state index in [9.17, 15) is 18.5 Å². The fraction of sp³-hybridized carbons (Fsp3) is 0.278. The number of non-ortho nitro benzene ring substituents is 1. The van der Waals surface area contributed by atoms with Gasteiger partial charge in [-0.15, -0.1) is 0 Å². The van der Waals surface area contributed by atoms with E-state index in [-0.39, 0.29) is 23.2 Å². The lowest BCUT2D eigenvalue weighted by molar-refractivity contribution is -0.384. The predicted octanol–water partition coefficient (Wildman–Crippen LogP) is 2.38. The molecule has 2 aromatic carbocycles. The number of ether oxygens (including phenoxy) is 1. The summed E-state index contributed by atoms with van der Waals surface area (Å²) in [6, 6.07) is 12.7. The van der Waals surface area contributed by atoms with Crippen molar-refractivity contribution in [3.63, 3.8) is 0 Å². The van der Waals surface area contributed by atoms with Crippen molar-refractivity contribution in [1.29, 1.82) is 0 Å². The van der Waals surface area contributed by atoms with Crippen LogP contribution in [0.5, 0.6) is 5.75 Å². The molecule has 2 saturated heterocycles. The molecule has 0 bridgehead atoms. The van der Waals surface area contributed by atoms with Gasteiger partial charge in [0.2, 0.25) is 0 Å². The van der Waals surface area contributed by atoms with E-state index in [4.69, 9.17) is 17.0 Å². The number of nitrogens with zero attached hydrogens (tertiary/aromatic N) is 3. The molecule has 2 heterocycles. The van der Waals surface area contributed by atoms with Gasteiger partial charge in [-0.2, -0.15) is 0 Å². The number of methoxy groups -OCH3 is 1. The first kappa shape index (κ1) is 18.6. The molecule has 0 radical (unpaired) electrons. The van der Waals surface area contributed by atoms with Crippen LogP contribution in [0.1, 0.15) is 0 Å². The van der Waals surface area contributed by atoms with Crippen LogP contribution in [-0.2, 0) is 9.84 Å². The van der Waals surface area contributed by atoms with E-state index >= 15 is 0 Å². The van der Waals surface area contributed by atoms with E-state index in [1.165, 1.54) is 25.3 Å². The second kappa shape index (κ2) is 6.71. The number of nitro benzene ring substituents is 1. The van der Waals surface area contributed by atoms with Crippen molar-refractivity contribution in [2.45, 2.75) is 12.1 Å². The summed E-state index contributed by atoms with van der Waals surface area (Å²) < 4.78 is 30.2. The van der Waals surface area contributed by atoms with Gasteiger partial charge in [0.1, 0.15) is 5.75 Å². The average molecular weight is 419 g/mol. The molecule has 0 unspecified atom stereocenters. The molecular weight excluding hydrogens is 402 g/mol. The SMILES string of the molecule is COc1ccc([N+](=O)[O-])cc1N1C(=S)N(c2ccccc2)[C@@H]2CS(=O)(=O)C[C@H]21. The first-order valence-corrected chi connectivity index (χ1v) is 10.8. The summed E-state index contributed by atoms with van der Waals surface area (Å²) in [5, 5.41) is 11.7. The Kier molecular flexibility index (Phi) is 4.47. The van der Waals surface area contributed by atoms with Crippen LogP contribution in [-0.4, -0.2) is 49.2 Å². The molecule has 2 fully saturated rings. The third kappa shape index (κ3) is 2.98. The molecule has 0 N–H and O–H groups in total. The number of sulfone groups is 1. The Balaban J connectivity index is 1.86. The maximum Gasteiger partial charge on any atom is 0.271 e. The first-order chi connectivity index (χ1) is 13.3. The van der Waals surface area contributed by atoms with Crippen molar-refractivity contribution in [1.82, 2.24) is 0 Å². The number of rotatable bonds is 4. The Hall–Kier alpha value is -2.72. The normalized spacial score (nSPS) is 23.0. The first-order valence-electron chi connectivity index (χ1n) is 8.53. The number of thiocarbonyl (C=S) groups is 1. The van der Waals surface area contributed by atoms with Crippen LogP contribution in [0.15, 0.2) is 48.5 Å². The van der Waals surface area contributed by atoms with E-state index in [1.807, 2.05) is 35.2 Å². The van der Waals surface area contributed by atoms with Crippen molar-refractivity contribution in [2.24, 2.45) is 0 Å².